The topological polar surface area (TPSA) is 71.1 Å². The van der Waals surface area contributed by atoms with Crippen LogP contribution in [0.1, 0.15) is 13.3 Å². The van der Waals surface area contributed by atoms with Gasteiger partial charge in [-0.1, -0.05) is 0 Å². The van der Waals surface area contributed by atoms with E-state index >= 15 is 0 Å². The largest absolute Gasteiger partial charge is 0.462 e. The quantitative estimate of drug-likeness (QED) is 0.391. The van der Waals surface area contributed by atoms with Crippen LogP contribution in [0.15, 0.2) is 0 Å². The second-order valence-corrected chi connectivity index (χ2v) is 4.51. The molecule has 0 aromatic carbocycles. The van der Waals surface area contributed by atoms with Crippen molar-refractivity contribution in [2.45, 2.75) is 13.3 Å². The molecule has 0 atom stereocenters. The van der Waals surface area contributed by atoms with Crippen molar-refractivity contribution in [2.75, 3.05) is 51.6 Å². The molecule has 0 amide bonds. The molecule has 0 aromatic rings. The molecular weight excluding hydrogens is 272 g/mol. The van der Waals surface area contributed by atoms with Crippen molar-refractivity contribution in [3.05, 3.63) is 0 Å². The summed E-state index contributed by atoms with van der Waals surface area (Å²) in [6.07, 6.45) is 2.21. The predicted molar refractivity (Wildman–Crippen MR) is 72.2 cm³/mol. The first-order valence-corrected chi connectivity index (χ1v) is 7.49. The normalized spacial score (nSPS) is 10.2. The molecule has 0 rings (SSSR count). The summed E-state index contributed by atoms with van der Waals surface area (Å²) in [5, 5.41) is 0. The van der Waals surface area contributed by atoms with Gasteiger partial charge in [0.05, 0.1) is 32.8 Å². The van der Waals surface area contributed by atoms with Gasteiger partial charge in [-0.15, -0.1) is 0 Å². The Hall–Kier alpha value is -0.790. The number of thioether (sulfide) groups is 1. The molecule has 0 saturated carbocycles. The number of hydrogen-bond donors (Lipinski definition) is 0. The molecule has 0 aliphatic heterocycles. The number of carbonyl (C=O) groups is 2. The molecule has 0 fully saturated rings. The first-order valence-electron chi connectivity index (χ1n) is 6.10. The number of esters is 2. The van der Waals surface area contributed by atoms with Crippen molar-refractivity contribution in [1.29, 1.82) is 0 Å². The molecule has 112 valence electrons. The Morgan fingerprint density at radius 2 is 1.53 bits per heavy atom. The first kappa shape index (κ1) is 18.2. The number of rotatable bonds is 12. The lowest BCUT2D eigenvalue weighted by atomic mass is 10.5. The minimum atomic E-state index is -0.388. The predicted octanol–water partition coefficient (Wildman–Crippen LogP) is 0.879. The SMILES string of the molecule is CSCCOCCOCCC(=O)OCCOC(C)=O. The van der Waals surface area contributed by atoms with E-state index in [0.717, 1.165) is 5.75 Å². The highest BCUT2D eigenvalue weighted by Gasteiger charge is 2.03. The van der Waals surface area contributed by atoms with E-state index < -0.39 is 0 Å². The van der Waals surface area contributed by atoms with Gasteiger partial charge in [0, 0.05) is 12.7 Å². The van der Waals surface area contributed by atoms with Crippen molar-refractivity contribution >= 4 is 23.7 Å². The van der Waals surface area contributed by atoms with E-state index in [1.807, 2.05) is 6.26 Å². The summed E-state index contributed by atoms with van der Waals surface area (Å²) in [5.74, 6) is 0.214. The highest BCUT2D eigenvalue weighted by Crippen LogP contribution is 1.92. The van der Waals surface area contributed by atoms with Crippen molar-refractivity contribution in [2.24, 2.45) is 0 Å². The van der Waals surface area contributed by atoms with Gasteiger partial charge in [-0.25, -0.2) is 0 Å². The smallest absolute Gasteiger partial charge is 0.308 e. The highest BCUT2D eigenvalue weighted by atomic mass is 32.2. The van der Waals surface area contributed by atoms with Gasteiger partial charge in [0.25, 0.3) is 0 Å². The Labute approximate surface area is 118 Å². The summed E-state index contributed by atoms with van der Waals surface area (Å²) >= 11 is 1.73. The van der Waals surface area contributed by atoms with Crippen LogP contribution in [0.2, 0.25) is 0 Å². The number of ether oxygens (including phenoxy) is 4. The van der Waals surface area contributed by atoms with Gasteiger partial charge in [0.2, 0.25) is 0 Å². The van der Waals surface area contributed by atoms with E-state index in [1.165, 1.54) is 6.92 Å². The fourth-order valence-electron chi connectivity index (χ4n) is 1.03. The summed E-state index contributed by atoms with van der Waals surface area (Å²) in [4.78, 5) is 21.6. The Balaban J connectivity index is 3.18. The Bertz CT molecular complexity index is 246. The molecule has 0 heterocycles. The van der Waals surface area contributed by atoms with Crippen LogP contribution in [0, 0.1) is 0 Å². The van der Waals surface area contributed by atoms with Crippen LogP contribution in [0.3, 0.4) is 0 Å². The van der Waals surface area contributed by atoms with Crippen LogP contribution in [-0.4, -0.2) is 63.6 Å². The van der Waals surface area contributed by atoms with Gasteiger partial charge >= 0.3 is 11.9 Å². The van der Waals surface area contributed by atoms with Crippen molar-refractivity contribution < 1.29 is 28.5 Å². The van der Waals surface area contributed by atoms with Gasteiger partial charge < -0.3 is 18.9 Å². The molecular formula is C12H22O6S. The molecule has 0 N–H and O–H groups in total. The summed E-state index contributed by atoms with van der Waals surface area (Å²) in [5.41, 5.74) is 0. The van der Waals surface area contributed by atoms with E-state index in [-0.39, 0.29) is 31.6 Å². The highest BCUT2D eigenvalue weighted by molar-refractivity contribution is 7.98. The van der Waals surface area contributed by atoms with Crippen LogP contribution < -0.4 is 0 Å². The van der Waals surface area contributed by atoms with Crippen molar-refractivity contribution in [1.82, 2.24) is 0 Å². The molecule has 6 nitrogen and oxygen atoms in total. The van der Waals surface area contributed by atoms with Crippen molar-refractivity contribution in [3.63, 3.8) is 0 Å². The van der Waals surface area contributed by atoms with E-state index in [9.17, 15) is 9.59 Å². The Kier molecular flexibility index (Phi) is 13.1. The fourth-order valence-corrected chi connectivity index (χ4v) is 1.32. The van der Waals surface area contributed by atoms with E-state index in [4.69, 9.17) is 14.2 Å². The van der Waals surface area contributed by atoms with Gasteiger partial charge in [-0.05, 0) is 6.26 Å². The molecule has 0 unspecified atom stereocenters. The van der Waals surface area contributed by atoms with Crippen LogP contribution in [0.4, 0.5) is 0 Å². The molecule has 0 saturated heterocycles. The first-order chi connectivity index (χ1) is 9.16. The molecule has 0 aromatic heterocycles. The molecule has 0 spiro atoms. The zero-order chi connectivity index (χ0) is 14.3. The summed E-state index contributed by atoms with van der Waals surface area (Å²) in [7, 11) is 0. The fraction of sp³-hybridized carbons (Fsp3) is 0.833. The van der Waals surface area contributed by atoms with Crippen LogP contribution in [-0.2, 0) is 28.5 Å². The van der Waals surface area contributed by atoms with Gasteiger partial charge in [0.1, 0.15) is 13.2 Å². The standard InChI is InChI=1S/C12H22O6S/c1-11(13)17-7-8-18-12(14)3-4-15-5-6-16-9-10-19-2/h3-10H2,1-2H3. The minimum Gasteiger partial charge on any atom is -0.462 e. The average Bonchev–Trinajstić information content (AvgIpc) is 2.37. The Morgan fingerprint density at radius 3 is 2.16 bits per heavy atom. The second kappa shape index (κ2) is 13.6. The van der Waals surface area contributed by atoms with E-state index in [1.54, 1.807) is 11.8 Å². The van der Waals surface area contributed by atoms with E-state index in [0.29, 0.717) is 26.4 Å². The summed E-state index contributed by atoms with van der Waals surface area (Å²) < 4.78 is 19.9. The monoisotopic (exact) mass is 294 g/mol. The second-order valence-electron chi connectivity index (χ2n) is 3.53. The lowest BCUT2D eigenvalue weighted by molar-refractivity contribution is -0.151. The molecule has 0 bridgehead atoms. The van der Waals surface area contributed by atoms with Crippen LogP contribution >= 0.6 is 11.8 Å². The molecule has 0 aliphatic rings. The molecule has 19 heavy (non-hydrogen) atoms. The molecule has 0 aliphatic carbocycles. The van der Waals surface area contributed by atoms with Gasteiger partial charge in [-0.2, -0.15) is 11.8 Å². The van der Waals surface area contributed by atoms with E-state index in [2.05, 4.69) is 4.74 Å². The van der Waals surface area contributed by atoms with Crippen LogP contribution in [0.25, 0.3) is 0 Å². The maximum atomic E-state index is 11.2. The van der Waals surface area contributed by atoms with Gasteiger partial charge in [-0.3, -0.25) is 9.59 Å². The lowest BCUT2D eigenvalue weighted by Crippen LogP contribution is -2.14. The summed E-state index contributed by atoms with van der Waals surface area (Å²) in [6, 6.07) is 0. The number of carbonyl (C=O) groups excluding carboxylic acids is 2. The average molecular weight is 294 g/mol. The third-order valence-electron chi connectivity index (χ3n) is 1.91. The van der Waals surface area contributed by atoms with Crippen molar-refractivity contribution in [3.8, 4) is 0 Å². The zero-order valence-electron chi connectivity index (χ0n) is 11.5. The number of hydrogen-bond acceptors (Lipinski definition) is 7. The third-order valence-corrected chi connectivity index (χ3v) is 2.48. The minimum absolute atomic E-state index is 0.0796. The van der Waals surface area contributed by atoms with Crippen LogP contribution in [0.5, 0.6) is 0 Å². The third kappa shape index (κ3) is 15.2. The maximum Gasteiger partial charge on any atom is 0.308 e. The zero-order valence-corrected chi connectivity index (χ0v) is 12.3. The maximum absolute atomic E-state index is 11.2. The lowest BCUT2D eigenvalue weighted by Gasteiger charge is -2.06. The molecule has 0 radical (unpaired) electrons. The summed E-state index contributed by atoms with van der Waals surface area (Å²) in [6.45, 7) is 3.48. The van der Waals surface area contributed by atoms with Gasteiger partial charge in [0.15, 0.2) is 0 Å². The Morgan fingerprint density at radius 1 is 0.895 bits per heavy atom. The molecule has 7 heteroatoms.